The Morgan fingerprint density at radius 3 is 2.46 bits per heavy atom. The molecule has 3 rings (SSSR count). The molecule has 7 heteroatoms. The predicted octanol–water partition coefficient (Wildman–Crippen LogP) is 1.48. The van der Waals surface area contributed by atoms with E-state index in [4.69, 9.17) is 4.74 Å². The molecule has 5 nitrogen and oxygen atoms in total. The highest BCUT2D eigenvalue weighted by Crippen LogP contribution is 2.26. The molecule has 0 spiro atoms. The minimum Gasteiger partial charge on any atom is -0.381 e. The van der Waals surface area contributed by atoms with E-state index in [1.807, 2.05) is 0 Å². The fourth-order valence-corrected chi connectivity index (χ4v) is 4.28. The number of likely N-dealkylation sites (tertiary alicyclic amines) is 2. The van der Waals surface area contributed by atoms with Crippen LogP contribution in [0.5, 0.6) is 0 Å². The number of halogens is 2. The smallest absolute Gasteiger partial charge is 0.251 e. The van der Waals surface area contributed by atoms with E-state index in [0.29, 0.717) is 19.1 Å². The summed E-state index contributed by atoms with van der Waals surface area (Å²) >= 11 is 0. The second-order valence-electron chi connectivity index (χ2n) is 7.21. The lowest BCUT2D eigenvalue weighted by Crippen LogP contribution is -2.53. The third kappa shape index (κ3) is 4.64. The first kappa shape index (κ1) is 18.0. The van der Waals surface area contributed by atoms with Crippen molar-refractivity contribution in [1.82, 2.24) is 15.1 Å². The fourth-order valence-electron chi connectivity index (χ4n) is 4.28. The first-order chi connectivity index (χ1) is 11.6. The van der Waals surface area contributed by atoms with Crippen LogP contribution in [-0.4, -0.2) is 79.7 Å². The number of nitrogens with zero attached hydrogens (tertiary/aromatic N) is 2. The van der Waals surface area contributed by atoms with E-state index in [0.717, 1.165) is 58.3 Å². The molecular formula is C17H29F2N3O2. The van der Waals surface area contributed by atoms with Gasteiger partial charge in [-0.2, -0.15) is 0 Å². The largest absolute Gasteiger partial charge is 0.381 e. The summed E-state index contributed by atoms with van der Waals surface area (Å²) in [6, 6.07) is 0.570. The topological polar surface area (TPSA) is 44.8 Å². The van der Waals surface area contributed by atoms with Crippen LogP contribution in [0, 0.1) is 0 Å². The highest BCUT2D eigenvalue weighted by molar-refractivity contribution is 5.82. The summed E-state index contributed by atoms with van der Waals surface area (Å²) in [5.41, 5.74) is 0. The van der Waals surface area contributed by atoms with E-state index in [2.05, 4.69) is 10.2 Å². The highest BCUT2D eigenvalue weighted by Gasteiger charge is 2.36. The maximum absolute atomic E-state index is 12.7. The van der Waals surface area contributed by atoms with Crippen molar-refractivity contribution < 1.29 is 18.3 Å². The van der Waals surface area contributed by atoms with Crippen LogP contribution in [0.3, 0.4) is 0 Å². The molecule has 1 atom stereocenters. The monoisotopic (exact) mass is 345 g/mol. The molecule has 3 fully saturated rings. The van der Waals surface area contributed by atoms with Gasteiger partial charge in [-0.3, -0.25) is 14.6 Å². The first-order valence-electron chi connectivity index (χ1n) is 9.28. The summed E-state index contributed by atoms with van der Waals surface area (Å²) in [4.78, 5) is 16.9. The Morgan fingerprint density at radius 1 is 1.08 bits per heavy atom. The maximum Gasteiger partial charge on any atom is 0.251 e. The molecule has 3 saturated heterocycles. The number of nitrogens with one attached hydrogen (secondary N) is 1. The Morgan fingerprint density at radius 2 is 1.79 bits per heavy atom. The van der Waals surface area contributed by atoms with Gasteiger partial charge in [0.15, 0.2) is 0 Å². The van der Waals surface area contributed by atoms with Crippen molar-refractivity contribution >= 4 is 5.91 Å². The Kier molecular flexibility index (Phi) is 6.41. The lowest BCUT2D eigenvalue weighted by Gasteiger charge is -2.36. The van der Waals surface area contributed by atoms with Crippen molar-refractivity contribution in [3.63, 3.8) is 0 Å². The Balaban J connectivity index is 1.46. The standard InChI is InChI=1S/C17H29F2N3O2/c18-16(19)12-21-8-3-13(4-9-21)20-17(23)15-2-1-7-22(15)14-5-10-24-11-6-14/h13-16H,1-12H2,(H,20,23)/t15-/m0/s1. The average molecular weight is 345 g/mol. The van der Waals surface area contributed by atoms with Crippen LogP contribution in [0.15, 0.2) is 0 Å². The lowest BCUT2D eigenvalue weighted by atomic mass is 10.0. The molecule has 1 N–H and O–H groups in total. The Bertz CT molecular complexity index is 411. The Hall–Kier alpha value is -0.790. The molecule has 0 aliphatic carbocycles. The number of alkyl halides is 2. The number of piperidine rings is 1. The van der Waals surface area contributed by atoms with Crippen LogP contribution in [-0.2, 0) is 9.53 Å². The van der Waals surface area contributed by atoms with Gasteiger partial charge in [-0.1, -0.05) is 0 Å². The van der Waals surface area contributed by atoms with Gasteiger partial charge in [-0.15, -0.1) is 0 Å². The second-order valence-corrected chi connectivity index (χ2v) is 7.21. The summed E-state index contributed by atoms with van der Waals surface area (Å²) in [5, 5.41) is 3.18. The molecule has 138 valence electrons. The number of hydrogen-bond donors (Lipinski definition) is 1. The van der Waals surface area contributed by atoms with Gasteiger partial charge in [0.2, 0.25) is 5.91 Å². The third-order valence-electron chi connectivity index (χ3n) is 5.59. The minimum absolute atomic E-state index is 0.0211. The van der Waals surface area contributed by atoms with Gasteiger partial charge in [0.05, 0.1) is 12.6 Å². The van der Waals surface area contributed by atoms with Gasteiger partial charge in [-0.25, -0.2) is 8.78 Å². The van der Waals surface area contributed by atoms with E-state index < -0.39 is 6.43 Å². The summed E-state index contributed by atoms with van der Waals surface area (Å²) in [7, 11) is 0. The molecule has 1 amide bonds. The minimum atomic E-state index is -2.28. The van der Waals surface area contributed by atoms with Gasteiger partial charge in [0.1, 0.15) is 0 Å². The SMILES string of the molecule is O=C(NC1CCN(CC(F)F)CC1)[C@@H]1CCCN1C1CCOCC1. The van der Waals surface area contributed by atoms with Crippen molar-refractivity contribution in [2.24, 2.45) is 0 Å². The molecule has 0 aromatic carbocycles. The molecule has 0 aromatic heterocycles. The molecule has 24 heavy (non-hydrogen) atoms. The summed E-state index contributed by atoms with van der Waals surface area (Å²) in [6.07, 6.45) is 3.27. The van der Waals surface area contributed by atoms with Gasteiger partial charge >= 0.3 is 0 Å². The van der Waals surface area contributed by atoms with Gasteiger partial charge < -0.3 is 10.1 Å². The molecular weight excluding hydrogens is 316 g/mol. The van der Waals surface area contributed by atoms with Crippen LogP contribution in [0.1, 0.15) is 38.5 Å². The highest BCUT2D eigenvalue weighted by atomic mass is 19.3. The third-order valence-corrected chi connectivity index (χ3v) is 5.59. The van der Waals surface area contributed by atoms with E-state index in [9.17, 15) is 13.6 Å². The lowest BCUT2D eigenvalue weighted by molar-refractivity contribution is -0.128. The number of hydrogen-bond acceptors (Lipinski definition) is 4. The molecule has 0 radical (unpaired) electrons. The van der Waals surface area contributed by atoms with Crippen LogP contribution < -0.4 is 5.32 Å². The predicted molar refractivity (Wildman–Crippen MR) is 87.2 cm³/mol. The van der Waals surface area contributed by atoms with Crippen LogP contribution in [0.4, 0.5) is 8.78 Å². The zero-order valence-electron chi connectivity index (χ0n) is 14.3. The van der Waals surface area contributed by atoms with Crippen molar-refractivity contribution in [2.45, 2.75) is 63.1 Å². The molecule has 3 aliphatic heterocycles. The molecule has 3 aliphatic rings. The van der Waals surface area contributed by atoms with E-state index in [1.54, 1.807) is 4.90 Å². The molecule has 0 aromatic rings. The molecule has 0 unspecified atom stereocenters. The van der Waals surface area contributed by atoms with Crippen LogP contribution in [0.2, 0.25) is 0 Å². The normalized spacial score (nSPS) is 28.5. The molecule has 0 bridgehead atoms. The maximum atomic E-state index is 12.7. The van der Waals surface area contributed by atoms with E-state index in [-0.39, 0.29) is 24.5 Å². The number of amides is 1. The quantitative estimate of drug-likeness (QED) is 0.820. The fraction of sp³-hybridized carbons (Fsp3) is 0.941. The molecule has 3 heterocycles. The van der Waals surface area contributed by atoms with Crippen molar-refractivity contribution in [3.05, 3.63) is 0 Å². The van der Waals surface area contributed by atoms with Crippen molar-refractivity contribution in [3.8, 4) is 0 Å². The number of ether oxygens (including phenoxy) is 1. The van der Waals surface area contributed by atoms with Crippen LogP contribution >= 0.6 is 0 Å². The van der Waals surface area contributed by atoms with Crippen molar-refractivity contribution in [2.75, 3.05) is 39.4 Å². The second kappa shape index (κ2) is 8.54. The number of carbonyl (C=O) groups is 1. The van der Waals surface area contributed by atoms with Gasteiger partial charge in [0.25, 0.3) is 6.43 Å². The summed E-state index contributed by atoms with van der Waals surface area (Å²) in [6.45, 7) is 3.71. The number of rotatable bonds is 5. The summed E-state index contributed by atoms with van der Waals surface area (Å²) in [5.74, 6) is 0.131. The van der Waals surface area contributed by atoms with Crippen LogP contribution in [0.25, 0.3) is 0 Å². The van der Waals surface area contributed by atoms with E-state index in [1.165, 1.54) is 0 Å². The zero-order valence-corrected chi connectivity index (χ0v) is 14.3. The van der Waals surface area contributed by atoms with Gasteiger partial charge in [-0.05, 0) is 45.1 Å². The first-order valence-corrected chi connectivity index (χ1v) is 9.28. The number of carbonyl (C=O) groups excluding carboxylic acids is 1. The Labute approximate surface area is 142 Å². The van der Waals surface area contributed by atoms with Gasteiger partial charge in [0, 0.05) is 38.4 Å². The molecule has 0 saturated carbocycles. The van der Waals surface area contributed by atoms with Crippen molar-refractivity contribution in [1.29, 1.82) is 0 Å². The van der Waals surface area contributed by atoms with E-state index >= 15 is 0 Å². The average Bonchev–Trinajstić information content (AvgIpc) is 3.07. The summed E-state index contributed by atoms with van der Waals surface area (Å²) < 4.78 is 30.3. The zero-order chi connectivity index (χ0) is 16.9.